The molecule has 2 atom stereocenters. The monoisotopic (exact) mass is 370 g/mol. The minimum Gasteiger partial charge on any atom is -0.461 e. The number of hydrogen-bond donors (Lipinski definition) is 0. The summed E-state index contributed by atoms with van der Waals surface area (Å²) in [6.07, 6.45) is 17.7. The molecule has 25 heavy (non-hydrogen) atoms. The molecule has 0 aliphatic rings. The highest BCUT2D eigenvalue weighted by Gasteiger charge is 2.12. The molecule has 0 bridgehead atoms. The molecule has 0 rings (SSSR count). The first kappa shape index (κ1) is 24.6. The lowest BCUT2D eigenvalue weighted by molar-refractivity contribution is -0.137. The van der Waals surface area contributed by atoms with E-state index in [0.717, 1.165) is 5.92 Å². The number of carbonyl (C=O) groups is 1. The van der Waals surface area contributed by atoms with Crippen LogP contribution in [0.4, 0.5) is 0 Å². The van der Waals surface area contributed by atoms with Crippen LogP contribution in [0, 0.1) is 5.92 Å². The van der Waals surface area contributed by atoms with Crippen LogP contribution in [0.1, 0.15) is 97.8 Å². The van der Waals surface area contributed by atoms with Gasteiger partial charge in [-0.25, -0.2) is 4.79 Å². The summed E-state index contributed by atoms with van der Waals surface area (Å²) in [6.45, 7) is 10.6. The van der Waals surface area contributed by atoms with Crippen molar-refractivity contribution in [2.24, 2.45) is 5.92 Å². The minimum atomic E-state index is -0.310. The third-order valence-electron chi connectivity index (χ3n) is 4.68. The zero-order valence-electron chi connectivity index (χ0n) is 17.1. The number of thioether (sulfide) groups is 1. The average Bonchev–Trinajstić information content (AvgIpc) is 2.63. The highest BCUT2D eigenvalue weighted by atomic mass is 32.2. The first-order chi connectivity index (χ1) is 12.1. The molecule has 0 N–H and O–H groups in total. The molecule has 148 valence electrons. The van der Waals surface area contributed by atoms with Gasteiger partial charge in [0.25, 0.3) is 0 Å². The normalized spacial score (nSPS) is 13.4. The van der Waals surface area contributed by atoms with Crippen molar-refractivity contribution in [3.8, 4) is 0 Å². The predicted octanol–water partition coefficient (Wildman–Crippen LogP) is 7.17. The van der Waals surface area contributed by atoms with Crippen LogP contribution in [0.3, 0.4) is 0 Å². The second-order valence-corrected chi connectivity index (χ2v) is 8.72. The molecule has 0 spiro atoms. The van der Waals surface area contributed by atoms with E-state index in [1.165, 1.54) is 88.9 Å². The van der Waals surface area contributed by atoms with Crippen molar-refractivity contribution in [2.75, 3.05) is 12.4 Å². The van der Waals surface area contributed by atoms with Gasteiger partial charge in [0.15, 0.2) is 0 Å². The van der Waals surface area contributed by atoms with E-state index >= 15 is 0 Å². The Morgan fingerprint density at radius 2 is 1.48 bits per heavy atom. The summed E-state index contributed by atoms with van der Waals surface area (Å²) in [5.74, 6) is 1.72. The maximum Gasteiger partial charge on any atom is 0.330 e. The maximum atomic E-state index is 11.2. The SMILES string of the molecule is C=CC(=O)OCC(C)SCC(CCCCCC)CCCCCCCC. The minimum absolute atomic E-state index is 0.310. The first-order valence-corrected chi connectivity index (χ1v) is 11.6. The van der Waals surface area contributed by atoms with Gasteiger partial charge in [-0.1, -0.05) is 84.6 Å². The van der Waals surface area contributed by atoms with Crippen LogP contribution in [0.2, 0.25) is 0 Å². The number of hydrogen-bond acceptors (Lipinski definition) is 3. The summed E-state index contributed by atoms with van der Waals surface area (Å²) in [6, 6.07) is 0. The number of carbonyl (C=O) groups excluding carboxylic acids is 1. The van der Waals surface area contributed by atoms with Crippen LogP contribution in [-0.4, -0.2) is 23.6 Å². The van der Waals surface area contributed by atoms with E-state index in [2.05, 4.69) is 27.4 Å². The van der Waals surface area contributed by atoms with Gasteiger partial charge in [0.2, 0.25) is 0 Å². The molecule has 0 aromatic heterocycles. The summed E-state index contributed by atoms with van der Waals surface area (Å²) in [7, 11) is 0. The Morgan fingerprint density at radius 1 is 0.960 bits per heavy atom. The molecule has 0 aromatic rings. The lowest BCUT2D eigenvalue weighted by atomic mass is 9.96. The van der Waals surface area contributed by atoms with E-state index in [4.69, 9.17) is 4.74 Å². The van der Waals surface area contributed by atoms with E-state index in [9.17, 15) is 4.79 Å². The van der Waals surface area contributed by atoms with Crippen LogP contribution < -0.4 is 0 Å². The lowest BCUT2D eigenvalue weighted by Gasteiger charge is -2.19. The quantitative estimate of drug-likeness (QED) is 0.145. The van der Waals surface area contributed by atoms with Gasteiger partial charge in [-0.2, -0.15) is 11.8 Å². The Labute approximate surface area is 161 Å². The smallest absolute Gasteiger partial charge is 0.330 e. The number of ether oxygens (including phenoxy) is 1. The topological polar surface area (TPSA) is 26.3 Å². The van der Waals surface area contributed by atoms with Crippen molar-refractivity contribution in [1.82, 2.24) is 0 Å². The molecule has 0 amide bonds. The molecule has 0 aliphatic heterocycles. The Bertz CT molecular complexity index is 317. The second-order valence-electron chi connectivity index (χ2n) is 7.25. The van der Waals surface area contributed by atoms with Gasteiger partial charge >= 0.3 is 5.97 Å². The third kappa shape index (κ3) is 16.8. The summed E-state index contributed by atoms with van der Waals surface area (Å²) in [5.41, 5.74) is 0. The molecule has 0 aromatic carbocycles. The zero-order chi connectivity index (χ0) is 18.8. The third-order valence-corrected chi connectivity index (χ3v) is 6.04. The Hall–Kier alpha value is -0.440. The van der Waals surface area contributed by atoms with E-state index in [1.807, 2.05) is 11.8 Å². The maximum absolute atomic E-state index is 11.2. The Kier molecular flexibility index (Phi) is 18.0. The number of unbranched alkanes of at least 4 members (excludes halogenated alkanes) is 8. The number of esters is 1. The zero-order valence-corrected chi connectivity index (χ0v) is 17.9. The molecule has 0 saturated heterocycles. The van der Waals surface area contributed by atoms with Crippen LogP contribution in [-0.2, 0) is 9.53 Å². The fourth-order valence-corrected chi connectivity index (χ4v) is 4.09. The van der Waals surface area contributed by atoms with E-state index in [1.54, 1.807) is 0 Å². The molecular weight excluding hydrogens is 328 g/mol. The summed E-state index contributed by atoms with van der Waals surface area (Å²) < 4.78 is 5.16. The lowest BCUT2D eigenvalue weighted by Crippen LogP contribution is -2.14. The predicted molar refractivity (Wildman–Crippen MR) is 113 cm³/mol. The van der Waals surface area contributed by atoms with Crippen LogP contribution in [0.5, 0.6) is 0 Å². The van der Waals surface area contributed by atoms with Crippen LogP contribution >= 0.6 is 11.8 Å². The van der Waals surface area contributed by atoms with Crippen molar-refractivity contribution in [3.05, 3.63) is 12.7 Å². The number of rotatable bonds is 18. The fourth-order valence-electron chi connectivity index (χ4n) is 2.99. The van der Waals surface area contributed by atoms with Crippen LogP contribution in [0.25, 0.3) is 0 Å². The van der Waals surface area contributed by atoms with Gasteiger partial charge < -0.3 is 4.74 Å². The highest BCUT2D eigenvalue weighted by molar-refractivity contribution is 7.99. The van der Waals surface area contributed by atoms with Gasteiger partial charge in [-0.3, -0.25) is 0 Å². The van der Waals surface area contributed by atoms with E-state index in [0.29, 0.717) is 11.9 Å². The average molecular weight is 371 g/mol. The summed E-state index contributed by atoms with van der Waals surface area (Å²) in [5, 5.41) is 0.367. The molecule has 3 heteroatoms. The molecule has 0 aliphatic carbocycles. The molecular formula is C22H42O2S. The molecule has 0 radical (unpaired) electrons. The molecule has 2 nitrogen and oxygen atoms in total. The van der Waals surface area contributed by atoms with E-state index < -0.39 is 0 Å². The second kappa shape index (κ2) is 18.4. The summed E-state index contributed by atoms with van der Waals surface area (Å²) >= 11 is 1.96. The molecule has 2 unspecified atom stereocenters. The standard InChI is InChI=1S/C22H42O2S/c1-5-8-10-12-13-15-17-21(16-14-11-9-6-2)19-25-20(4)18-24-22(23)7-3/h7,20-21H,3,5-6,8-19H2,1-2,4H3. The van der Waals surface area contributed by atoms with Crippen molar-refractivity contribution in [1.29, 1.82) is 0 Å². The molecule has 0 saturated carbocycles. The first-order valence-electron chi connectivity index (χ1n) is 10.5. The van der Waals surface area contributed by atoms with Crippen molar-refractivity contribution >= 4 is 17.7 Å². The van der Waals surface area contributed by atoms with Gasteiger partial charge in [-0.05, 0) is 31.4 Å². The van der Waals surface area contributed by atoms with Crippen molar-refractivity contribution in [3.63, 3.8) is 0 Å². The molecule has 0 heterocycles. The largest absolute Gasteiger partial charge is 0.461 e. The fraction of sp³-hybridized carbons (Fsp3) is 0.864. The summed E-state index contributed by atoms with van der Waals surface area (Å²) in [4.78, 5) is 11.2. The Balaban J connectivity index is 4.01. The van der Waals surface area contributed by atoms with Crippen LogP contribution in [0.15, 0.2) is 12.7 Å². The van der Waals surface area contributed by atoms with Crippen molar-refractivity contribution < 1.29 is 9.53 Å². The molecule has 0 fully saturated rings. The van der Waals surface area contributed by atoms with Gasteiger partial charge in [0.1, 0.15) is 6.61 Å². The van der Waals surface area contributed by atoms with Gasteiger partial charge in [0, 0.05) is 11.3 Å². The van der Waals surface area contributed by atoms with Gasteiger partial charge in [0.05, 0.1) is 0 Å². The highest BCUT2D eigenvalue weighted by Crippen LogP contribution is 2.25. The van der Waals surface area contributed by atoms with Gasteiger partial charge in [-0.15, -0.1) is 0 Å². The van der Waals surface area contributed by atoms with Crippen molar-refractivity contribution in [2.45, 2.75) is 103 Å². The Morgan fingerprint density at radius 3 is 2.04 bits per heavy atom. The van der Waals surface area contributed by atoms with E-state index in [-0.39, 0.29) is 5.97 Å².